The van der Waals surface area contributed by atoms with Crippen LogP contribution in [0.1, 0.15) is 38.5 Å². The van der Waals surface area contributed by atoms with Crippen molar-refractivity contribution in [1.29, 1.82) is 0 Å². The lowest BCUT2D eigenvalue weighted by atomic mass is 9.86. The van der Waals surface area contributed by atoms with Gasteiger partial charge in [-0.1, -0.05) is 35.6 Å². The third kappa shape index (κ3) is 6.05. The fraction of sp³-hybridized carbons (Fsp3) is 0.414. The van der Waals surface area contributed by atoms with E-state index in [9.17, 15) is 19.5 Å². The van der Waals surface area contributed by atoms with Crippen LogP contribution in [0, 0.1) is 17.0 Å². The molecule has 1 atom stereocenters. The number of anilines is 2. The van der Waals surface area contributed by atoms with Crippen molar-refractivity contribution < 1.29 is 28.6 Å². The molecule has 9 nitrogen and oxygen atoms in total. The third-order valence-electron chi connectivity index (χ3n) is 7.51. The molecule has 40 heavy (non-hydrogen) atoms. The van der Waals surface area contributed by atoms with Crippen LogP contribution < -0.4 is 9.80 Å². The van der Waals surface area contributed by atoms with E-state index in [0.717, 1.165) is 36.2 Å². The Morgan fingerprint density at radius 3 is 2.60 bits per heavy atom. The molecular formula is C29H31FN4O5S. The fourth-order valence-electron chi connectivity index (χ4n) is 5.37. The van der Waals surface area contributed by atoms with Gasteiger partial charge >= 0.3 is 5.97 Å². The van der Waals surface area contributed by atoms with Gasteiger partial charge < -0.3 is 9.84 Å². The number of carboxylic acid groups (broad SMARTS) is 1. The van der Waals surface area contributed by atoms with Crippen molar-refractivity contribution in [1.82, 2.24) is 9.97 Å². The molecule has 3 aromatic rings. The predicted octanol–water partition coefficient (Wildman–Crippen LogP) is 5.01. The zero-order valence-electron chi connectivity index (χ0n) is 22.2. The lowest BCUT2D eigenvalue weighted by Crippen LogP contribution is -2.35. The first-order valence-corrected chi connectivity index (χ1v) is 14.2. The number of benzene rings is 1. The lowest BCUT2D eigenvalue weighted by molar-refractivity contribution is -0.141. The van der Waals surface area contributed by atoms with E-state index in [1.54, 1.807) is 29.3 Å². The van der Waals surface area contributed by atoms with Crippen molar-refractivity contribution in [3.05, 3.63) is 47.7 Å². The number of halogens is 1. The number of carboxylic acids is 1. The summed E-state index contributed by atoms with van der Waals surface area (Å²) < 4.78 is 20.8. The van der Waals surface area contributed by atoms with Crippen molar-refractivity contribution in [3.8, 4) is 22.4 Å². The molecule has 2 aliphatic heterocycles. The highest BCUT2D eigenvalue weighted by Gasteiger charge is 2.31. The van der Waals surface area contributed by atoms with Crippen LogP contribution in [0.25, 0.3) is 22.4 Å². The molecule has 0 radical (unpaired) electrons. The van der Waals surface area contributed by atoms with Gasteiger partial charge in [0, 0.05) is 56.5 Å². The molecule has 0 bridgehead atoms. The zero-order chi connectivity index (χ0) is 28.2. The average Bonchev–Trinajstić information content (AvgIpc) is 3.57. The van der Waals surface area contributed by atoms with E-state index in [1.807, 2.05) is 18.2 Å². The number of carbonyl (C=O) groups is 3. The smallest absolute Gasteiger partial charge is 0.304 e. The quantitative estimate of drug-likeness (QED) is 0.388. The van der Waals surface area contributed by atoms with E-state index < -0.39 is 22.9 Å². The highest BCUT2D eigenvalue weighted by atomic mass is 32.1. The summed E-state index contributed by atoms with van der Waals surface area (Å²) in [4.78, 5) is 48.9. The van der Waals surface area contributed by atoms with Gasteiger partial charge in [-0.15, -0.1) is 0 Å². The van der Waals surface area contributed by atoms with Crippen molar-refractivity contribution in [3.63, 3.8) is 0 Å². The molecule has 210 valence electrons. The number of aliphatic carboxylic acids is 1. The standard InChI is InChI=1S/C29H31FN4O5S/c1-33(28(38)20(16-25(36)37)15-18-10-13-39-14-11-18)29-32-26(27(30)40-29)22-6-3-2-5-21(22)19-8-9-23(31-17-19)34-12-4-7-24(34)35/h2-3,5-6,8-9,17-18,20H,4,7,10-16H2,1H3,(H,36,37). The fourth-order valence-corrected chi connectivity index (χ4v) is 6.15. The van der Waals surface area contributed by atoms with E-state index in [0.29, 0.717) is 49.5 Å². The van der Waals surface area contributed by atoms with Gasteiger partial charge in [-0.2, -0.15) is 4.39 Å². The number of nitrogens with zero attached hydrogens (tertiary/aromatic N) is 4. The van der Waals surface area contributed by atoms with Gasteiger partial charge in [0.05, 0.1) is 6.42 Å². The molecular weight excluding hydrogens is 535 g/mol. The number of rotatable bonds is 9. The topological polar surface area (TPSA) is 113 Å². The number of hydrogen-bond donors (Lipinski definition) is 1. The van der Waals surface area contributed by atoms with Crippen molar-refractivity contribution in [2.24, 2.45) is 11.8 Å². The minimum absolute atomic E-state index is 0.0507. The summed E-state index contributed by atoms with van der Waals surface area (Å²) >= 11 is 0.751. The van der Waals surface area contributed by atoms with Crippen LogP contribution in [-0.4, -0.2) is 59.7 Å². The molecule has 1 N–H and O–H groups in total. The maximum Gasteiger partial charge on any atom is 0.304 e. The number of aromatic nitrogens is 2. The Hall–Kier alpha value is -3.70. The molecule has 2 amide bonds. The largest absolute Gasteiger partial charge is 0.481 e. The second-order valence-corrected chi connectivity index (χ2v) is 11.1. The zero-order valence-corrected chi connectivity index (χ0v) is 23.0. The Balaban J connectivity index is 1.39. The first-order valence-electron chi connectivity index (χ1n) is 13.4. The van der Waals surface area contributed by atoms with E-state index in [4.69, 9.17) is 4.74 Å². The summed E-state index contributed by atoms with van der Waals surface area (Å²) in [6.45, 7) is 1.84. The maximum atomic E-state index is 15.4. The number of carbonyl (C=O) groups excluding carboxylic acids is 2. The second-order valence-electron chi connectivity index (χ2n) is 10.2. The number of ether oxygens (including phenoxy) is 1. The van der Waals surface area contributed by atoms with Crippen LogP contribution in [0.3, 0.4) is 0 Å². The van der Waals surface area contributed by atoms with E-state index in [-0.39, 0.29) is 29.1 Å². The summed E-state index contributed by atoms with van der Waals surface area (Å²) in [6.07, 6.45) is 4.69. The number of pyridine rings is 1. The first-order chi connectivity index (χ1) is 19.3. The van der Waals surface area contributed by atoms with Crippen LogP contribution in [-0.2, 0) is 19.1 Å². The molecule has 11 heteroatoms. The van der Waals surface area contributed by atoms with Crippen molar-refractivity contribution in [2.45, 2.75) is 38.5 Å². The molecule has 2 fully saturated rings. The van der Waals surface area contributed by atoms with Crippen molar-refractivity contribution >= 4 is 40.1 Å². The van der Waals surface area contributed by atoms with Gasteiger partial charge in [0.25, 0.3) is 0 Å². The highest BCUT2D eigenvalue weighted by Crippen LogP contribution is 2.38. The summed E-state index contributed by atoms with van der Waals surface area (Å²) in [6, 6.07) is 10.9. The summed E-state index contributed by atoms with van der Waals surface area (Å²) in [5, 5.41) is 9.06. The SMILES string of the molecule is CN(C(=O)C(CC(=O)O)CC1CCOCC1)c1nc(-c2ccccc2-c2ccc(N3CCCC3=O)nc2)c(F)s1. The Kier molecular flexibility index (Phi) is 8.51. The Morgan fingerprint density at radius 2 is 1.95 bits per heavy atom. The molecule has 2 saturated heterocycles. The van der Waals surface area contributed by atoms with Crippen LogP contribution in [0.15, 0.2) is 42.6 Å². The number of hydrogen-bond acceptors (Lipinski definition) is 7. The van der Waals surface area contributed by atoms with Crippen LogP contribution in [0.4, 0.5) is 15.3 Å². The Labute approximate surface area is 235 Å². The normalized spacial score (nSPS) is 16.8. The molecule has 2 aromatic heterocycles. The average molecular weight is 567 g/mol. The monoisotopic (exact) mass is 566 g/mol. The van der Waals surface area contributed by atoms with E-state index in [1.165, 1.54) is 11.9 Å². The van der Waals surface area contributed by atoms with E-state index in [2.05, 4.69) is 9.97 Å². The molecule has 4 heterocycles. The highest BCUT2D eigenvalue weighted by molar-refractivity contribution is 7.14. The number of amides is 2. The molecule has 5 rings (SSSR count). The molecule has 2 aliphatic rings. The van der Waals surface area contributed by atoms with Gasteiger partial charge in [0.2, 0.25) is 16.9 Å². The predicted molar refractivity (Wildman–Crippen MR) is 150 cm³/mol. The Bertz CT molecular complexity index is 1390. The minimum Gasteiger partial charge on any atom is -0.481 e. The molecule has 0 spiro atoms. The molecule has 0 aliphatic carbocycles. The van der Waals surface area contributed by atoms with Gasteiger partial charge in [-0.25, -0.2) is 9.97 Å². The molecule has 1 unspecified atom stereocenters. The maximum absolute atomic E-state index is 15.4. The summed E-state index contributed by atoms with van der Waals surface area (Å²) in [5.74, 6) is -1.33. The van der Waals surface area contributed by atoms with Crippen LogP contribution in [0.2, 0.25) is 0 Å². The van der Waals surface area contributed by atoms with Gasteiger partial charge in [-0.3, -0.25) is 24.2 Å². The Morgan fingerprint density at radius 1 is 1.20 bits per heavy atom. The third-order valence-corrected chi connectivity index (χ3v) is 8.43. The van der Waals surface area contributed by atoms with Crippen LogP contribution >= 0.6 is 11.3 Å². The summed E-state index contributed by atoms with van der Waals surface area (Å²) in [7, 11) is 1.51. The lowest BCUT2D eigenvalue weighted by Gasteiger charge is -2.27. The van der Waals surface area contributed by atoms with Gasteiger partial charge in [0.15, 0.2) is 5.13 Å². The van der Waals surface area contributed by atoms with E-state index >= 15 is 4.39 Å². The minimum atomic E-state index is -1.05. The second kappa shape index (κ2) is 12.2. The summed E-state index contributed by atoms with van der Waals surface area (Å²) in [5.41, 5.74) is 2.09. The van der Waals surface area contributed by atoms with Crippen molar-refractivity contribution in [2.75, 3.05) is 36.6 Å². The molecule has 1 aromatic carbocycles. The van der Waals surface area contributed by atoms with Gasteiger partial charge in [-0.05, 0) is 49.3 Å². The number of thiazole rings is 1. The molecule has 0 saturated carbocycles. The van der Waals surface area contributed by atoms with Gasteiger partial charge in [0.1, 0.15) is 11.5 Å². The van der Waals surface area contributed by atoms with Crippen LogP contribution in [0.5, 0.6) is 0 Å². The first kappa shape index (κ1) is 27.9.